The molecule has 1 rings (SSSR count). The Bertz CT molecular complexity index is 712. The summed E-state index contributed by atoms with van der Waals surface area (Å²) in [5, 5.41) is 32.9. The minimum Gasteiger partial charge on any atom is -0.481 e. The third-order valence-electron chi connectivity index (χ3n) is 5.21. The number of carbonyl (C=O) groups is 5. The van der Waals surface area contributed by atoms with Crippen molar-refractivity contribution in [3.8, 4) is 0 Å². The van der Waals surface area contributed by atoms with E-state index in [0.717, 1.165) is 0 Å². The van der Waals surface area contributed by atoms with Crippen molar-refractivity contribution in [1.29, 1.82) is 0 Å². The van der Waals surface area contributed by atoms with E-state index in [2.05, 4.69) is 10.6 Å². The van der Waals surface area contributed by atoms with E-state index < -0.39 is 59.9 Å². The Morgan fingerprint density at radius 1 is 1.06 bits per heavy atom. The molecule has 0 saturated carbocycles. The van der Waals surface area contributed by atoms with Gasteiger partial charge >= 0.3 is 11.9 Å². The molecule has 1 aliphatic rings. The Labute approximate surface area is 186 Å². The SMILES string of the molecule is CC(C)CC(NC(=O)C(NC(=O)C(N)CCC(=O)O)C(C)O)C(=O)N1CCCC1C(=O)O. The van der Waals surface area contributed by atoms with Crippen LogP contribution in [0.15, 0.2) is 0 Å². The Morgan fingerprint density at radius 2 is 1.69 bits per heavy atom. The second kappa shape index (κ2) is 12.3. The van der Waals surface area contributed by atoms with E-state index in [0.29, 0.717) is 12.8 Å². The predicted molar refractivity (Wildman–Crippen MR) is 112 cm³/mol. The molecule has 12 nitrogen and oxygen atoms in total. The van der Waals surface area contributed by atoms with E-state index in [-0.39, 0.29) is 31.7 Å². The first kappa shape index (κ1) is 27.3. The van der Waals surface area contributed by atoms with Crippen LogP contribution in [0.5, 0.6) is 0 Å². The van der Waals surface area contributed by atoms with Gasteiger partial charge < -0.3 is 36.6 Å². The van der Waals surface area contributed by atoms with Crippen molar-refractivity contribution >= 4 is 29.7 Å². The second-order valence-electron chi connectivity index (χ2n) is 8.48. The average molecular weight is 459 g/mol. The maximum absolute atomic E-state index is 13.0. The number of carbonyl (C=O) groups excluding carboxylic acids is 3. The van der Waals surface area contributed by atoms with Crippen LogP contribution in [0.3, 0.4) is 0 Å². The van der Waals surface area contributed by atoms with E-state index in [1.54, 1.807) is 0 Å². The Kier molecular flexibility index (Phi) is 10.5. The molecule has 0 radical (unpaired) electrons. The molecule has 0 aromatic rings. The highest BCUT2D eigenvalue weighted by atomic mass is 16.4. The molecule has 3 amide bonds. The van der Waals surface area contributed by atoms with Crippen molar-refractivity contribution in [2.75, 3.05) is 6.54 Å². The van der Waals surface area contributed by atoms with Gasteiger partial charge in [0.05, 0.1) is 12.1 Å². The first-order chi connectivity index (χ1) is 14.8. The highest BCUT2D eigenvalue weighted by Gasteiger charge is 2.39. The van der Waals surface area contributed by atoms with E-state index in [9.17, 15) is 34.2 Å². The number of amides is 3. The number of nitrogens with one attached hydrogen (secondary N) is 2. The summed E-state index contributed by atoms with van der Waals surface area (Å²) in [4.78, 5) is 61.4. The van der Waals surface area contributed by atoms with Crippen molar-refractivity contribution in [3.63, 3.8) is 0 Å². The van der Waals surface area contributed by atoms with Crippen LogP contribution in [0.4, 0.5) is 0 Å². The number of carboxylic acid groups (broad SMARTS) is 2. The fourth-order valence-electron chi connectivity index (χ4n) is 3.52. The average Bonchev–Trinajstić information content (AvgIpc) is 3.18. The predicted octanol–water partition coefficient (Wildman–Crippen LogP) is -1.35. The number of aliphatic hydroxyl groups is 1. The van der Waals surface area contributed by atoms with Crippen molar-refractivity contribution < 1.29 is 39.3 Å². The summed E-state index contributed by atoms with van der Waals surface area (Å²) in [5.74, 6) is -4.44. The molecule has 0 aliphatic carbocycles. The highest BCUT2D eigenvalue weighted by molar-refractivity contribution is 5.94. The quantitative estimate of drug-likeness (QED) is 0.204. The van der Waals surface area contributed by atoms with E-state index >= 15 is 0 Å². The number of nitrogens with zero attached hydrogens (tertiary/aromatic N) is 1. The Balaban J connectivity index is 2.93. The van der Waals surface area contributed by atoms with Crippen LogP contribution in [0.25, 0.3) is 0 Å². The van der Waals surface area contributed by atoms with Gasteiger partial charge in [-0.3, -0.25) is 19.2 Å². The van der Waals surface area contributed by atoms with Gasteiger partial charge in [-0.1, -0.05) is 13.8 Å². The number of likely N-dealkylation sites (tertiary alicyclic amines) is 1. The van der Waals surface area contributed by atoms with Crippen LogP contribution in [0.1, 0.15) is 52.9 Å². The fourth-order valence-corrected chi connectivity index (χ4v) is 3.52. The molecule has 12 heteroatoms. The topological polar surface area (TPSA) is 199 Å². The van der Waals surface area contributed by atoms with Crippen molar-refractivity contribution in [1.82, 2.24) is 15.5 Å². The lowest BCUT2D eigenvalue weighted by molar-refractivity contribution is -0.149. The van der Waals surface area contributed by atoms with Gasteiger partial charge in [0.15, 0.2) is 0 Å². The molecule has 0 aromatic heterocycles. The van der Waals surface area contributed by atoms with Crippen LogP contribution >= 0.6 is 0 Å². The smallest absolute Gasteiger partial charge is 0.326 e. The van der Waals surface area contributed by atoms with Crippen LogP contribution in [0, 0.1) is 5.92 Å². The lowest BCUT2D eigenvalue weighted by atomic mass is 10.0. The maximum atomic E-state index is 13.0. The molecule has 32 heavy (non-hydrogen) atoms. The lowest BCUT2D eigenvalue weighted by Crippen LogP contribution is -2.60. The third kappa shape index (κ3) is 8.08. The number of rotatable bonds is 12. The summed E-state index contributed by atoms with van der Waals surface area (Å²) >= 11 is 0. The molecule has 1 saturated heterocycles. The van der Waals surface area contributed by atoms with Crippen LogP contribution in [-0.2, 0) is 24.0 Å². The molecule has 0 aromatic carbocycles. The van der Waals surface area contributed by atoms with Crippen molar-refractivity contribution in [3.05, 3.63) is 0 Å². The van der Waals surface area contributed by atoms with Gasteiger partial charge in [-0.15, -0.1) is 0 Å². The number of hydrogen-bond donors (Lipinski definition) is 6. The number of aliphatic carboxylic acids is 2. The van der Waals surface area contributed by atoms with Crippen LogP contribution in [-0.4, -0.2) is 86.7 Å². The van der Waals surface area contributed by atoms with Crippen molar-refractivity contribution in [2.45, 2.75) is 83.1 Å². The summed E-state index contributed by atoms with van der Waals surface area (Å²) < 4.78 is 0. The lowest BCUT2D eigenvalue weighted by Gasteiger charge is -2.30. The minimum atomic E-state index is -1.44. The molecule has 7 N–H and O–H groups in total. The number of nitrogens with two attached hydrogens (primary N) is 1. The summed E-state index contributed by atoms with van der Waals surface area (Å²) in [6, 6.07) is -4.64. The standard InChI is InChI=1S/C20H34N4O8/c1-10(2)9-13(19(30)24-8-4-5-14(24)20(31)32)22-18(29)16(11(3)25)23-17(28)12(21)6-7-15(26)27/h10-14,16,25H,4-9,21H2,1-3H3,(H,22,29)(H,23,28)(H,26,27)(H,31,32). The molecule has 0 spiro atoms. The first-order valence-corrected chi connectivity index (χ1v) is 10.6. The molecule has 0 bridgehead atoms. The van der Waals surface area contributed by atoms with Gasteiger partial charge in [0.1, 0.15) is 18.1 Å². The fraction of sp³-hybridized carbons (Fsp3) is 0.750. The Hall–Kier alpha value is -2.73. The zero-order valence-corrected chi connectivity index (χ0v) is 18.6. The molecule has 5 unspecified atom stereocenters. The maximum Gasteiger partial charge on any atom is 0.326 e. The van der Waals surface area contributed by atoms with Gasteiger partial charge in [-0.2, -0.15) is 0 Å². The first-order valence-electron chi connectivity index (χ1n) is 10.6. The summed E-state index contributed by atoms with van der Waals surface area (Å²) in [6.07, 6.45) is -0.748. The molecule has 5 atom stereocenters. The van der Waals surface area contributed by atoms with Gasteiger partial charge in [0.25, 0.3) is 0 Å². The Morgan fingerprint density at radius 3 is 2.19 bits per heavy atom. The molecule has 1 aliphatic heterocycles. The number of hydrogen-bond acceptors (Lipinski definition) is 7. The largest absolute Gasteiger partial charge is 0.481 e. The van der Waals surface area contributed by atoms with E-state index in [1.807, 2.05) is 13.8 Å². The molecule has 182 valence electrons. The van der Waals surface area contributed by atoms with Crippen LogP contribution < -0.4 is 16.4 Å². The number of aliphatic hydroxyl groups excluding tert-OH is 1. The minimum absolute atomic E-state index is 0.0147. The van der Waals surface area contributed by atoms with Gasteiger partial charge in [-0.05, 0) is 38.5 Å². The molecular formula is C20H34N4O8. The molecule has 1 fully saturated rings. The van der Waals surface area contributed by atoms with E-state index in [4.69, 9.17) is 10.8 Å². The molecule has 1 heterocycles. The summed E-state index contributed by atoms with van der Waals surface area (Å²) in [7, 11) is 0. The van der Waals surface area contributed by atoms with Gasteiger partial charge in [0, 0.05) is 13.0 Å². The van der Waals surface area contributed by atoms with Gasteiger partial charge in [0.2, 0.25) is 17.7 Å². The third-order valence-corrected chi connectivity index (χ3v) is 5.21. The second-order valence-corrected chi connectivity index (χ2v) is 8.48. The van der Waals surface area contributed by atoms with Crippen LogP contribution in [0.2, 0.25) is 0 Å². The van der Waals surface area contributed by atoms with Gasteiger partial charge in [-0.25, -0.2) is 4.79 Å². The van der Waals surface area contributed by atoms with E-state index in [1.165, 1.54) is 11.8 Å². The summed E-state index contributed by atoms with van der Waals surface area (Å²) in [5.41, 5.74) is 5.65. The zero-order chi connectivity index (χ0) is 24.6. The van der Waals surface area contributed by atoms with Crippen molar-refractivity contribution in [2.24, 2.45) is 11.7 Å². The highest BCUT2D eigenvalue weighted by Crippen LogP contribution is 2.20. The number of carboxylic acids is 2. The normalized spacial score (nSPS) is 19.7. The zero-order valence-electron chi connectivity index (χ0n) is 18.6. The summed E-state index contributed by atoms with van der Waals surface area (Å²) in [6.45, 7) is 5.20. The monoisotopic (exact) mass is 458 g/mol. The molecular weight excluding hydrogens is 424 g/mol.